The largest absolute Gasteiger partial charge is 0.341 e. The van der Waals surface area contributed by atoms with Crippen LogP contribution in [-0.4, -0.2) is 22.3 Å². The second kappa shape index (κ2) is 5.51. The molecule has 0 aromatic heterocycles. The molecular weight excluding hydrogens is 169 g/mol. The molecule has 0 saturated heterocycles. The minimum atomic E-state index is 0.250. The summed E-state index contributed by atoms with van der Waals surface area (Å²) in [7, 11) is 0. The van der Waals surface area contributed by atoms with Crippen molar-refractivity contribution in [2.75, 3.05) is 13.1 Å². The molecule has 0 aliphatic carbocycles. The van der Waals surface area contributed by atoms with Gasteiger partial charge in [-0.25, -0.2) is 4.58 Å². The Morgan fingerprint density at radius 1 is 1.20 bits per heavy atom. The Morgan fingerprint density at radius 3 is 1.80 bits per heavy atom. The predicted molar refractivity (Wildman–Crippen MR) is 47.1 cm³/mol. The van der Waals surface area contributed by atoms with Gasteiger partial charge in [-0.05, 0) is 12.2 Å². The summed E-state index contributed by atoms with van der Waals surface area (Å²) >= 11 is 11.0. The van der Waals surface area contributed by atoms with E-state index in [9.17, 15) is 0 Å². The molecule has 56 valence electrons. The number of rotatable bonds is 4. The topological polar surface area (TPSA) is 3.01 Å². The second-order valence-corrected chi connectivity index (χ2v) is 2.63. The summed E-state index contributed by atoms with van der Waals surface area (Å²) in [4.78, 5) is 0. The van der Waals surface area contributed by atoms with Crippen molar-refractivity contribution in [3.8, 4) is 0 Å². The Morgan fingerprint density at radius 2 is 1.60 bits per heavy atom. The summed E-state index contributed by atoms with van der Waals surface area (Å²) in [6, 6.07) is 0. The van der Waals surface area contributed by atoms with Gasteiger partial charge in [0.1, 0.15) is 0 Å². The molecule has 0 aromatic rings. The first-order valence-corrected chi connectivity index (χ1v) is 3.62. The van der Waals surface area contributed by atoms with Crippen molar-refractivity contribution in [3.63, 3.8) is 0 Å². The van der Waals surface area contributed by atoms with Crippen LogP contribution in [0.3, 0.4) is 0 Å². The van der Waals surface area contributed by atoms with Crippen LogP contribution in [-0.2, 0) is 0 Å². The van der Waals surface area contributed by atoms with Gasteiger partial charge in [0.15, 0.2) is 13.1 Å². The molecule has 0 bridgehead atoms. The molecule has 0 N–H and O–H groups in total. The van der Waals surface area contributed by atoms with Crippen LogP contribution in [0.25, 0.3) is 0 Å². The average molecular weight is 179 g/mol. The predicted octanol–water partition coefficient (Wildman–Crippen LogP) is 2.20. The maximum absolute atomic E-state index is 5.51. The van der Waals surface area contributed by atoms with Crippen molar-refractivity contribution in [2.24, 2.45) is 0 Å². The van der Waals surface area contributed by atoms with E-state index in [4.69, 9.17) is 23.2 Å². The van der Waals surface area contributed by atoms with Gasteiger partial charge < -0.3 is 0 Å². The first kappa shape index (κ1) is 9.73. The van der Waals surface area contributed by atoms with Crippen LogP contribution < -0.4 is 0 Å². The van der Waals surface area contributed by atoms with E-state index in [0.29, 0.717) is 13.1 Å². The van der Waals surface area contributed by atoms with Crippen LogP contribution in [0.1, 0.15) is 0 Å². The first-order valence-electron chi connectivity index (χ1n) is 2.87. The van der Waals surface area contributed by atoms with E-state index >= 15 is 0 Å². The van der Waals surface area contributed by atoms with Crippen LogP contribution in [0, 0.1) is 0 Å². The fourth-order valence-electron chi connectivity index (χ4n) is 0.524. The Bertz CT molecular complexity index is 145. The second-order valence-electron chi connectivity index (χ2n) is 1.72. The number of hydrogen-bond acceptors (Lipinski definition) is 0. The van der Waals surface area contributed by atoms with Gasteiger partial charge in [-0.3, -0.25) is 0 Å². The van der Waals surface area contributed by atoms with Gasteiger partial charge >= 0.3 is 4.63 Å². The molecule has 0 fully saturated rings. The van der Waals surface area contributed by atoms with E-state index in [1.807, 2.05) is 0 Å². The van der Waals surface area contributed by atoms with Gasteiger partial charge in [-0.15, -0.1) is 0 Å². The molecule has 0 aliphatic rings. The Balaban J connectivity index is 4.10. The molecule has 1 nitrogen and oxygen atoms in total. The molecule has 0 heterocycles. The third-order valence-electron chi connectivity index (χ3n) is 0.938. The summed E-state index contributed by atoms with van der Waals surface area (Å²) in [5.74, 6) is 0. The molecule has 0 radical (unpaired) electrons. The Labute approximate surface area is 71.3 Å². The molecule has 0 aliphatic heterocycles. The van der Waals surface area contributed by atoms with Crippen molar-refractivity contribution >= 4 is 27.8 Å². The van der Waals surface area contributed by atoms with E-state index in [1.165, 1.54) is 0 Å². The number of halogens is 2. The van der Waals surface area contributed by atoms with Crippen molar-refractivity contribution in [1.29, 1.82) is 0 Å². The zero-order valence-corrected chi connectivity index (χ0v) is 7.20. The number of nitrogens with zero attached hydrogens (tertiary/aromatic N) is 1. The highest BCUT2D eigenvalue weighted by Gasteiger charge is 2.03. The van der Waals surface area contributed by atoms with Gasteiger partial charge in [-0.2, -0.15) is 0 Å². The van der Waals surface area contributed by atoms with Crippen molar-refractivity contribution in [3.05, 3.63) is 25.3 Å². The molecule has 0 rings (SSSR count). The lowest BCUT2D eigenvalue weighted by Crippen LogP contribution is -2.14. The fourth-order valence-corrected chi connectivity index (χ4v) is 0.800. The quantitative estimate of drug-likeness (QED) is 0.353. The highest BCUT2D eigenvalue weighted by molar-refractivity contribution is 6.94. The minimum absolute atomic E-state index is 0.250. The fraction of sp³-hybridized carbons (Fsp3) is 0.286. The zero-order valence-electron chi connectivity index (χ0n) is 5.69. The molecule has 0 atom stereocenters. The van der Waals surface area contributed by atoms with Gasteiger partial charge in [0.05, 0.1) is 0 Å². The average Bonchev–Trinajstić information content (AvgIpc) is 1.87. The maximum Gasteiger partial charge on any atom is 0.341 e. The lowest BCUT2D eigenvalue weighted by atomic mass is 10.5. The van der Waals surface area contributed by atoms with E-state index in [0.717, 1.165) is 0 Å². The lowest BCUT2D eigenvalue weighted by molar-refractivity contribution is -0.502. The van der Waals surface area contributed by atoms with E-state index in [1.54, 1.807) is 16.7 Å². The third kappa shape index (κ3) is 3.70. The van der Waals surface area contributed by atoms with Gasteiger partial charge in [0, 0.05) is 23.2 Å². The molecular formula is C7H10Cl2N+. The van der Waals surface area contributed by atoms with Crippen LogP contribution in [0.5, 0.6) is 0 Å². The Kier molecular flexibility index (Phi) is 5.36. The standard InChI is InChI=1S/C7H10Cl2N/c1-3-5-10(6-4-2)7(8)9/h3-4H,1-2,5-6H2/q+1. The van der Waals surface area contributed by atoms with E-state index in [-0.39, 0.29) is 4.63 Å². The SMILES string of the molecule is C=CC[N+](CC=C)=C(Cl)Cl. The summed E-state index contributed by atoms with van der Waals surface area (Å²) < 4.78 is 1.99. The van der Waals surface area contributed by atoms with Crippen LogP contribution in [0.15, 0.2) is 25.3 Å². The molecule has 0 aromatic carbocycles. The number of hydrogen-bond donors (Lipinski definition) is 0. The summed E-state index contributed by atoms with van der Waals surface area (Å²) in [5, 5.41) is 0. The smallest absolute Gasteiger partial charge is 0.202 e. The van der Waals surface area contributed by atoms with Gasteiger partial charge in [0.25, 0.3) is 0 Å². The Hall–Kier alpha value is -0.270. The zero-order chi connectivity index (χ0) is 7.98. The third-order valence-corrected chi connectivity index (χ3v) is 1.42. The molecule has 3 heteroatoms. The highest BCUT2D eigenvalue weighted by Crippen LogP contribution is 1.92. The van der Waals surface area contributed by atoms with Crippen LogP contribution in [0.2, 0.25) is 0 Å². The molecule has 0 saturated carbocycles. The molecule has 10 heavy (non-hydrogen) atoms. The monoisotopic (exact) mass is 178 g/mol. The van der Waals surface area contributed by atoms with Crippen LogP contribution in [0.4, 0.5) is 0 Å². The van der Waals surface area contributed by atoms with Crippen LogP contribution >= 0.6 is 23.2 Å². The first-order chi connectivity index (χ1) is 4.72. The summed E-state index contributed by atoms with van der Waals surface area (Å²) in [6.45, 7) is 8.41. The van der Waals surface area contributed by atoms with Crippen molar-refractivity contribution < 1.29 is 4.58 Å². The summed E-state index contributed by atoms with van der Waals surface area (Å²) in [5.41, 5.74) is 0. The highest BCUT2D eigenvalue weighted by atomic mass is 35.5. The van der Waals surface area contributed by atoms with Crippen molar-refractivity contribution in [1.82, 2.24) is 0 Å². The van der Waals surface area contributed by atoms with E-state index < -0.39 is 0 Å². The summed E-state index contributed by atoms with van der Waals surface area (Å²) in [6.07, 6.45) is 3.46. The van der Waals surface area contributed by atoms with Gasteiger partial charge in [0.2, 0.25) is 0 Å². The maximum atomic E-state index is 5.51. The van der Waals surface area contributed by atoms with Crippen molar-refractivity contribution in [2.45, 2.75) is 0 Å². The molecule has 0 unspecified atom stereocenters. The van der Waals surface area contributed by atoms with E-state index in [2.05, 4.69) is 13.2 Å². The van der Waals surface area contributed by atoms with Gasteiger partial charge in [-0.1, -0.05) is 13.2 Å². The lowest BCUT2D eigenvalue weighted by Gasteiger charge is -1.94. The molecule has 0 amide bonds. The minimum Gasteiger partial charge on any atom is -0.202 e. The molecule has 0 spiro atoms. The normalized spacial score (nSPS) is 8.60.